The van der Waals surface area contributed by atoms with E-state index in [4.69, 9.17) is 9.47 Å². The maximum Gasteiger partial charge on any atom is 0.104 e. The number of hydrogen-bond donors (Lipinski definition) is 0. The van der Waals surface area contributed by atoms with E-state index in [0.717, 1.165) is 70.6 Å². The summed E-state index contributed by atoms with van der Waals surface area (Å²) in [6.45, 7) is 0. The molecule has 0 aromatic heterocycles. The van der Waals surface area contributed by atoms with E-state index in [2.05, 4.69) is 54.7 Å². The third-order valence-corrected chi connectivity index (χ3v) is 10.9. The summed E-state index contributed by atoms with van der Waals surface area (Å²) in [5.74, 6) is 5.29. The quantitative estimate of drug-likeness (QED) is 0.360. The summed E-state index contributed by atoms with van der Waals surface area (Å²) >= 11 is 0. The lowest BCUT2D eigenvalue weighted by molar-refractivity contribution is 0.158. The lowest BCUT2D eigenvalue weighted by Gasteiger charge is -2.42. The Bertz CT molecular complexity index is 1430. The number of rotatable bonds is 4. The van der Waals surface area contributed by atoms with E-state index in [1.54, 1.807) is 16.7 Å². The molecule has 0 saturated heterocycles. The van der Waals surface area contributed by atoms with E-state index in [0.29, 0.717) is 5.92 Å². The molecule has 1 saturated carbocycles. The average molecular weight is 531 g/mol. The highest BCUT2D eigenvalue weighted by atomic mass is 16.5. The molecule has 1 spiro atoms. The van der Waals surface area contributed by atoms with E-state index in [-0.39, 0.29) is 5.41 Å². The van der Waals surface area contributed by atoms with Crippen LogP contribution in [-0.2, 0) is 9.47 Å². The molecule has 0 aromatic carbocycles. The third kappa shape index (κ3) is 4.30. The lowest BCUT2D eigenvalue weighted by Crippen LogP contribution is -2.33. The monoisotopic (exact) mass is 530 g/mol. The van der Waals surface area contributed by atoms with E-state index in [1.807, 2.05) is 0 Å². The minimum absolute atomic E-state index is 0.257. The summed E-state index contributed by atoms with van der Waals surface area (Å²) in [6, 6.07) is 0. The zero-order chi connectivity index (χ0) is 26.5. The van der Waals surface area contributed by atoms with Crippen LogP contribution in [0, 0.1) is 11.3 Å². The molecule has 8 aliphatic carbocycles. The van der Waals surface area contributed by atoms with Gasteiger partial charge in [0.15, 0.2) is 0 Å². The van der Waals surface area contributed by atoms with E-state index < -0.39 is 0 Å². The predicted octanol–water partition coefficient (Wildman–Crippen LogP) is 10.4. The van der Waals surface area contributed by atoms with Crippen LogP contribution in [-0.4, -0.2) is 0 Å². The van der Waals surface area contributed by atoms with E-state index in [1.165, 1.54) is 77.4 Å². The van der Waals surface area contributed by atoms with Gasteiger partial charge in [-0.25, -0.2) is 0 Å². The molecule has 8 rings (SSSR count). The van der Waals surface area contributed by atoms with Crippen molar-refractivity contribution in [2.45, 2.75) is 103 Å². The standard InChI is InChI=1S/C38H42O2/c1-6-20-38(21-7-1)36-24-32(39-30-14-12-26-8-2-4-10-28(26)22-30)16-18-34(36)35-19-17-33(25-37(35)38)40-31-15-13-27-9-3-5-11-29(27)23-31/h2-3,8-9,16,18,22-23,25,36H,1,4-7,10-15,17,19-21,24H2. The fourth-order valence-corrected chi connectivity index (χ4v) is 8.90. The summed E-state index contributed by atoms with van der Waals surface area (Å²) in [7, 11) is 0. The Morgan fingerprint density at radius 3 is 1.90 bits per heavy atom. The van der Waals surface area contributed by atoms with Crippen molar-refractivity contribution in [2.24, 2.45) is 11.3 Å². The van der Waals surface area contributed by atoms with Crippen LogP contribution in [0.1, 0.15) is 103 Å². The van der Waals surface area contributed by atoms with Crippen LogP contribution < -0.4 is 0 Å². The van der Waals surface area contributed by atoms with Crippen LogP contribution in [0.4, 0.5) is 0 Å². The van der Waals surface area contributed by atoms with Crippen molar-refractivity contribution in [3.63, 3.8) is 0 Å². The highest BCUT2D eigenvalue weighted by Gasteiger charge is 2.52. The second-order valence-electron chi connectivity index (χ2n) is 13.1. The fourth-order valence-electron chi connectivity index (χ4n) is 8.90. The van der Waals surface area contributed by atoms with Gasteiger partial charge in [0.05, 0.1) is 0 Å². The van der Waals surface area contributed by atoms with E-state index >= 15 is 0 Å². The first-order chi connectivity index (χ1) is 19.7. The smallest absolute Gasteiger partial charge is 0.104 e. The van der Waals surface area contributed by atoms with Crippen LogP contribution in [0.3, 0.4) is 0 Å². The molecular formula is C38H42O2. The maximum atomic E-state index is 6.70. The number of allylic oxidation sites excluding steroid dienone is 20. The molecule has 0 N–H and O–H groups in total. The molecule has 0 aliphatic heterocycles. The molecule has 2 nitrogen and oxygen atoms in total. The van der Waals surface area contributed by atoms with Crippen molar-refractivity contribution in [3.8, 4) is 0 Å². The van der Waals surface area contributed by atoms with Crippen molar-refractivity contribution in [1.29, 1.82) is 0 Å². The van der Waals surface area contributed by atoms with Crippen molar-refractivity contribution in [3.05, 3.63) is 117 Å². The second-order valence-corrected chi connectivity index (χ2v) is 13.1. The number of ether oxygens (including phenoxy) is 2. The Labute approximate surface area is 240 Å². The van der Waals surface area contributed by atoms with Crippen molar-refractivity contribution in [1.82, 2.24) is 0 Å². The minimum atomic E-state index is 0.257. The predicted molar refractivity (Wildman–Crippen MR) is 162 cm³/mol. The molecule has 2 heteroatoms. The molecule has 206 valence electrons. The van der Waals surface area contributed by atoms with Gasteiger partial charge in [-0.2, -0.15) is 0 Å². The van der Waals surface area contributed by atoms with E-state index in [9.17, 15) is 0 Å². The molecule has 1 atom stereocenters. The number of fused-ring (bicyclic) bond motifs is 4. The molecule has 0 heterocycles. The molecule has 0 amide bonds. The van der Waals surface area contributed by atoms with Crippen LogP contribution in [0.15, 0.2) is 117 Å². The molecular weight excluding hydrogens is 488 g/mol. The van der Waals surface area contributed by atoms with Crippen molar-refractivity contribution >= 4 is 0 Å². The van der Waals surface area contributed by atoms with Gasteiger partial charge < -0.3 is 9.47 Å². The van der Waals surface area contributed by atoms with Crippen molar-refractivity contribution in [2.75, 3.05) is 0 Å². The van der Waals surface area contributed by atoms with Gasteiger partial charge in [0, 0.05) is 37.0 Å². The molecule has 0 bridgehead atoms. The first kappa shape index (κ1) is 24.8. The Balaban J connectivity index is 1.07. The van der Waals surface area contributed by atoms with Crippen LogP contribution >= 0.6 is 0 Å². The highest BCUT2D eigenvalue weighted by molar-refractivity contribution is 5.58. The summed E-state index contributed by atoms with van der Waals surface area (Å²) in [5.41, 5.74) is 11.2. The largest absolute Gasteiger partial charge is 0.466 e. The minimum Gasteiger partial charge on any atom is -0.466 e. The zero-order valence-corrected chi connectivity index (χ0v) is 23.9. The van der Waals surface area contributed by atoms with Crippen LogP contribution in [0.2, 0.25) is 0 Å². The summed E-state index contributed by atoms with van der Waals surface area (Å²) < 4.78 is 13.4. The SMILES string of the molecule is C1=CC2=C(C=C(OC3=CC4=C(CC3)C3=CC=C(OC5=CC6=C(C=CCC6)CC5)CC3C43CCCCC3)CC2)CC1. The molecule has 0 aromatic rings. The van der Waals surface area contributed by atoms with Crippen LogP contribution in [0.25, 0.3) is 0 Å². The van der Waals surface area contributed by atoms with Gasteiger partial charge in [0.2, 0.25) is 0 Å². The Kier molecular flexibility index (Phi) is 6.27. The first-order valence-corrected chi connectivity index (χ1v) is 16.1. The van der Waals surface area contributed by atoms with Gasteiger partial charge in [-0.3, -0.25) is 0 Å². The number of hydrogen-bond acceptors (Lipinski definition) is 2. The molecule has 0 radical (unpaired) electrons. The highest BCUT2D eigenvalue weighted by Crippen LogP contribution is 2.63. The maximum absolute atomic E-state index is 6.70. The average Bonchev–Trinajstić information content (AvgIpc) is 3.25. The normalized spacial score (nSPS) is 28.6. The van der Waals surface area contributed by atoms with Crippen molar-refractivity contribution < 1.29 is 9.47 Å². The Morgan fingerprint density at radius 1 is 0.575 bits per heavy atom. The zero-order valence-electron chi connectivity index (χ0n) is 23.9. The molecule has 1 fully saturated rings. The Morgan fingerprint density at radius 2 is 1.20 bits per heavy atom. The van der Waals surface area contributed by atoms with Gasteiger partial charge in [-0.1, -0.05) is 49.6 Å². The van der Waals surface area contributed by atoms with Crippen LogP contribution in [0.5, 0.6) is 0 Å². The van der Waals surface area contributed by atoms with Gasteiger partial charge in [-0.15, -0.1) is 0 Å². The summed E-state index contributed by atoms with van der Waals surface area (Å²) in [4.78, 5) is 0. The first-order valence-electron chi connectivity index (χ1n) is 16.1. The van der Waals surface area contributed by atoms with Gasteiger partial charge in [0.1, 0.15) is 23.0 Å². The molecule has 8 aliphatic rings. The molecule has 1 unspecified atom stereocenters. The third-order valence-electron chi connectivity index (χ3n) is 10.9. The summed E-state index contributed by atoms with van der Waals surface area (Å²) in [6.07, 6.45) is 40.1. The van der Waals surface area contributed by atoms with Gasteiger partial charge in [-0.05, 0) is 121 Å². The topological polar surface area (TPSA) is 18.5 Å². The lowest BCUT2D eigenvalue weighted by atomic mass is 9.62. The summed E-state index contributed by atoms with van der Waals surface area (Å²) in [5, 5.41) is 0. The second kappa shape index (κ2) is 10.1. The fraction of sp³-hybridized carbons (Fsp3) is 0.474. The van der Waals surface area contributed by atoms with Gasteiger partial charge in [0.25, 0.3) is 0 Å². The Hall–Kier alpha value is -3.00. The molecule has 40 heavy (non-hydrogen) atoms. The van der Waals surface area contributed by atoms with Gasteiger partial charge >= 0.3 is 0 Å².